The van der Waals surface area contributed by atoms with E-state index in [1.54, 1.807) is 6.92 Å². The van der Waals surface area contributed by atoms with Crippen molar-refractivity contribution in [2.24, 2.45) is 17.3 Å². The second kappa shape index (κ2) is 4.40. The molecule has 0 unspecified atom stereocenters. The summed E-state index contributed by atoms with van der Waals surface area (Å²) in [5.74, 6) is 0.847. The summed E-state index contributed by atoms with van der Waals surface area (Å²) in [4.78, 5) is 0. The molecule has 0 spiro atoms. The monoisotopic (exact) mass is 238 g/mol. The zero-order valence-corrected chi connectivity index (χ0v) is 11.4. The number of aliphatic hydroxyl groups excluding tert-OH is 1. The Hall–Kier alpha value is -0.340. The molecule has 2 N–H and O–H groups in total. The number of fused-ring (bicyclic) bond motifs is 1. The second-order valence-corrected chi connectivity index (χ2v) is 6.68. The van der Waals surface area contributed by atoms with E-state index in [1.807, 2.05) is 0 Å². The summed E-state index contributed by atoms with van der Waals surface area (Å²) in [6, 6.07) is 0. The van der Waals surface area contributed by atoms with Crippen LogP contribution in [0.3, 0.4) is 0 Å². The van der Waals surface area contributed by atoms with Gasteiger partial charge < -0.3 is 10.2 Å². The number of allylic oxidation sites excluding steroid dienone is 2. The van der Waals surface area contributed by atoms with Gasteiger partial charge in [-0.25, -0.2) is 0 Å². The van der Waals surface area contributed by atoms with Gasteiger partial charge in [-0.2, -0.15) is 0 Å². The molecule has 0 aromatic heterocycles. The van der Waals surface area contributed by atoms with Crippen molar-refractivity contribution in [2.75, 3.05) is 6.61 Å². The maximum absolute atomic E-state index is 10.2. The van der Waals surface area contributed by atoms with E-state index in [1.165, 1.54) is 24.8 Å². The van der Waals surface area contributed by atoms with E-state index < -0.39 is 5.60 Å². The summed E-state index contributed by atoms with van der Waals surface area (Å²) >= 11 is 0. The van der Waals surface area contributed by atoms with Gasteiger partial charge in [-0.05, 0) is 63.2 Å². The lowest BCUT2D eigenvalue weighted by molar-refractivity contribution is -0.0803. The van der Waals surface area contributed by atoms with Gasteiger partial charge in [0.25, 0.3) is 0 Å². The van der Waals surface area contributed by atoms with E-state index in [2.05, 4.69) is 19.9 Å². The molecule has 2 rings (SSSR count). The van der Waals surface area contributed by atoms with Gasteiger partial charge in [0, 0.05) is 0 Å². The van der Waals surface area contributed by atoms with E-state index in [4.69, 9.17) is 0 Å². The minimum atomic E-state index is -0.904. The second-order valence-electron chi connectivity index (χ2n) is 6.68. The van der Waals surface area contributed by atoms with Gasteiger partial charge >= 0.3 is 0 Å². The molecule has 0 aromatic carbocycles. The molecule has 2 aliphatic rings. The molecule has 0 bridgehead atoms. The quantitative estimate of drug-likeness (QED) is 0.726. The van der Waals surface area contributed by atoms with Crippen LogP contribution in [0.5, 0.6) is 0 Å². The summed E-state index contributed by atoms with van der Waals surface area (Å²) in [7, 11) is 0. The van der Waals surface area contributed by atoms with E-state index in [9.17, 15) is 10.2 Å². The van der Waals surface area contributed by atoms with Gasteiger partial charge in [0.2, 0.25) is 0 Å². The number of aliphatic hydroxyl groups is 2. The van der Waals surface area contributed by atoms with Gasteiger partial charge in [-0.1, -0.05) is 18.6 Å². The normalized spacial score (nSPS) is 41.4. The predicted octanol–water partition coefficient (Wildman–Crippen LogP) is 2.89. The molecule has 0 aliphatic heterocycles. The lowest BCUT2D eigenvalue weighted by Gasteiger charge is -2.50. The lowest BCUT2D eigenvalue weighted by Crippen LogP contribution is -2.46. The molecule has 17 heavy (non-hydrogen) atoms. The van der Waals surface area contributed by atoms with Gasteiger partial charge in [0.15, 0.2) is 0 Å². The summed E-state index contributed by atoms with van der Waals surface area (Å²) < 4.78 is 0. The topological polar surface area (TPSA) is 40.5 Å². The lowest BCUT2D eigenvalue weighted by atomic mass is 9.56. The van der Waals surface area contributed by atoms with Crippen molar-refractivity contribution in [3.63, 3.8) is 0 Å². The Morgan fingerprint density at radius 2 is 2.18 bits per heavy atom. The number of hydrogen-bond acceptors (Lipinski definition) is 2. The molecule has 4 atom stereocenters. The first kappa shape index (κ1) is 13.1. The van der Waals surface area contributed by atoms with Crippen LogP contribution in [0.15, 0.2) is 11.6 Å². The first-order valence-corrected chi connectivity index (χ1v) is 6.89. The summed E-state index contributed by atoms with van der Waals surface area (Å²) in [5, 5.41) is 19.5. The van der Waals surface area contributed by atoms with Crippen molar-refractivity contribution in [1.82, 2.24) is 0 Å². The largest absolute Gasteiger partial charge is 0.393 e. The van der Waals surface area contributed by atoms with Crippen molar-refractivity contribution in [1.29, 1.82) is 0 Å². The Balaban J connectivity index is 2.17. The molecular formula is C15H26O2. The Kier molecular flexibility index (Phi) is 3.39. The highest BCUT2D eigenvalue weighted by molar-refractivity contribution is 5.15. The van der Waals surface area contributed by atoms with Crippen LogP contribution in [-0.4, -0.2) is 22.4 Å². The van der Waals surface area contributed by atoms with E-state index >= 15 is 0 Å². The molecular weight excluding hydrogens is 212 g/mol. The highest BCUT2D eigenvalue weighted by atomic mass is 16.3. The van der Waals surface area contributed by atoms with Crippen LogP contribution in [0, 0.1) is 17.3 Å². The highest BCUT2D eigenvalue weighted by Gasteiger charge is 2.45. The molecule has 0 heterocycles. The first-order chi connectivity index (χ1) is 7.89. The van der Waals surface area contributed by atoms with E-state index in [-0.39, 0.29) is 12.5 Å². The molecule has 0 amide bonds. The van der Waals surface area contributed by atoms with Crippen molar-refractivity contribution in [3.05, 3.63) is 11.6 Å². The standard InChI is InChI=1S/C15H26O2/c1-11-5-4-7-14(2)8-6-12(9-13(11)14)15(3,17)10-16/h5,12-13,16-17H,4,6-10H2,1-3H3/t12-,13+,14-,15+/m1/s1. The Bertz CT molecular complexity index is 319. The summed E-state index contributed by atoms with van der Waals surface area (Å²) in [5.41, 5.74) is 1.03. The fourth-order valence-corrected chi connectivity index (χ4v) is 3.87. The van der Waals surface area contributed by atoms with Crippen LogP contribution in [-0.2, 0) is 0 Å². The third-order valence-electron chi connectivity index (χ3n) is 5.36. The van der Waals surface area contributed by atoms with E-state index in [0.29, 0.717) is 11.3 Å². The number of hydrogen-bond donors (Lipinski definition) is 2. The van der Waals surface area contributed by atoms with Crippen LogP contribution in [0.25, 0.3) is 0 Å². The smallest absolute Gasteiger partial charge is 0.0877 e. The molecule has 1 fully saturated rings. The molecule has 0 saturated heterocycles. The average molecular weight is 238 g/mol. The predicted molar refractivity (Wildman–Crippen MR) is 69.6 cm³/mol. The highest BCUT2D eigenvalue weighted by Crippen LogP contribution is 2.53. The van der Waals surface area contributed by atoms with Crippen LogP contribution < -0.4 is 0 Å². The van der Waals surface area contributed by atoms with Gasteiger partial charge in [0.05, 0.1) is 12.2 Å². The molecule has 1 saturated carbocycles. The van der Waals surface area contributed by atoms with Gasteiger partial charge in [-0.15, -0.1) is 0 Å². The van der Waals surface area contributed by atoms with Crippen molar-refractivity contribution >= 4 is 0 Å². The average Bonchev–Trinajstić information content (AvgIpc) is 2.28. The molecule has 2 nitrogen and oxygen atoms in total. The minimum absolute atomic E-state index is 0.121. The Morgan fingerprint density at radius 3 is 2.82 bits per heavy atom. The first-order valence-electron chi connectivity index (χ1n) is 6.89. The van der Waals surface area contributed by atoms with Crippen molar-refractivity contribution < 1.29 is 10.2 Å². The molecule has 98 valence electrons. The zero-order chi connectivity index (χ0) is 12.7. The Morgan fingerprint density at radius 1 is 1.47 bits per heavy atom. The maximum atomic E-state index is 10.2. The fourth-order valence-electron chi connectivity index (χ4n) is 3.87. The SMILES string of the molecule is CC1=CCC[C@]2(C)CC[C@@H]([C@@](C)(O)CO)C[C@@H]12. The van der Waals surface area contributed by atoms with Crippen LogP contribution >= 0.6 is 0 Å². The third-order valence-corrected chi connectivity index (χ3v) is 5.36. The van der Waals surface area contributed by atoms with Crippen molar-refractivity contribution in [3.8, 4) is 0 Å². The fraction of sp³-hybridized carbons (Fsp3) is 0.867. The maximum Gasteiger partial charge on any atom is 0.0877 e. The van der Waals surface area contributed by atoms with Gasteiger partial charge in [-0.3, -0.25) is 0 Å². The van der Waals surface area contributed by atoms with Gasteiger partial charge in [0.1, 0.15) is 0 Å². The third kappa shape index (κ3) is 2.30. The zero-order valence-electron chi connectivity index (χ0n) is 11.4. The molecule has 2 heteroatoms. The summed E-state index contributed by atoms with van der Waals surface area (Å²) in [6.07, 6.45) is 8.12. The molecule has 0 aromatic rings. The number of rotatable bonds is 2. The van der Waals surface area contributed by atoms with Crippen LogP contribution in [0.2, 0.25) is 0 Å². The molecule has 2 aliphatic carbocycles. The van der Waals surface area contributed by atoms with Crippen molar-refractivity contribution in [2.45, 2.75) is 58.5 Å². The van der Waals surface area contributed by atoms with E-state index in [0.717, 1.165) is 12.8 Å². The Labute approximate surface area is 105 Å². The molecule has 0 radical (unpaired) electrons. The van der Waals surface area contributed by atoms with Crippen LogP contribution in [0.4, 0.5) is 0 Å². The minimum Gasteiger partial charge on any atom is -0.393 e. The van der Waals surface area contributed by atoms with Crippen LogP contribution in [0.1, 0.15) is 52.9 Å². The summed E-state index contributed by atoms with van der Waals surface area (Å²) in [6.45, 7) is 6.29.